The average molecular weight is 413 g/mol. The number of nitrogens with two attached hydrogens (primary N) is 1. The van der Waals surface area contributed by atoms with Gasteiger partial charge in [-0.3, -0.25) is 10.1 Å². The number of nitrogen functional groups attached to an aromatic ring is 1. The maximum atomic E-state index is 12.1. The number of nitrogens with zero attached hydrogens (tertiary/aromatic N) is 1. The minimum atomic E-state index is -1.96. The summed E-state index contributed by atoms with van der Waals surface area (Å²) in [6, 6.07) is 16.7. The number of amides is 1. The van der Waals surface area contributed by atoms with Crippen LogP contribution in [0.2, 0.25) is 0 Å². The maximum Gasteiger partial charge on any atom is 0.230 e. The molecule has 0 bridgehead atoms. The zero-order valence-electron chi connectivity index (χ0n) is 15.8. The summed E-state index contributed by atoms with van der Waals surface area (Å²) in [5.41, 5.74) is 8.76. The van der Waals surface area contributed by atoms with Crippen LogP contribution in [-0.2, 0) is 24.1 Å². The Morgan fingerprint density at radius 1 is 1.07 bits per heavy atom. The van der Waals surface area contributed by atoms with E-state index in [0.29, 0.717) is 29.5 Å². The Hall–Kier alpha value is -2.78. The lowest BCUT2D eigenvalue weighted by molar-refractivity contribution is -0.183. The van der Waals surface area contributed by atoms with Gasteiger partial charge in [-0.2, -0.15) is 0 Å². The van der Waals surface area contributed by atoms with Gasteiger partial charge >= 0.3 is 0 Å². The lowest BCUT2D eigenvalue weighted by atomic mass is 10.1. The number of rotatable bonds is 9. The van der Waals surface area contributed by atoms with Crippen molar-refractivity contribution in [3.63, 3.8) is 0 Å². The second-order valence-electron chi connectivity index (χ2n) is 6.75. The van der Waals surface area contributed by atoms with Gasteiger partial charge in [0.05, 0.1) is 12.1 Å². The summed E-state index contributed by atoms with van der Waals surface area (Å²) in [6.45, 7) is 0.400. The van der Waals surface area contributed by atoms with E-state index >= 15 is 0 Å². The standard InChI is InChI=1S/C21H24N4O3S/c22-20-25-18(14-29-20)12-19(26)24-17-8-6-15(7-9-17)10-11-23-21(27,28)13-16-4-2-1-3-5-16/h1-9,14,23,27-28H,10-13H2,(H2,22,25)(H,24,26). The van der Waals surface area contributed by atoms with Gasteiger partial charge in [-0.1, -0.05) is 42.5 Å². The molecule has 1 aromatic heterocycles. The third-order valence-corrected chi connectivity index (χ3v) is 4.99. The molecule has 8 heteroatoms. The monoisotopic (exact) mass is 412 g/mol. The summed E-state index contributed by atoms with van der Waals surface area (Å²) in [5, 5.41) is 28.0. The Morgan fingerprint density at radius 2 is 1.79 bits per heavy atom. The first-order valence-corrected chi connectivity index (χ1v) is 10.1. The van der Waals surface area contributed by atoms with Crippen molar-refractivity contribution in [1.82, 2.24) is 10.3 Å². The molecule has 0 spiro atoms. The highest BCUT2D eigenvalue weighted by Crippen LogP contribution is 2.14. The van der Waals surface area contributed by atoms with Gasteiger partial charge < -0.3 is 21.3 Å². The van der Waals surface area contributed by atoms with Gasteiger partial charge in [-0.25, -0.2) is 4.98 Å². The van der Waals surface area contributed by atoms with Crippen molar-refractivity contribution in [1.29, 1.82) is 0 Å². The molecule has 0 aliphatic heterocycles. The first kappa shape index (κ1) is 20.9. The van der Waals surface area contributed by atoms with Crippen LogP contribution in [0, 0.1) is 0 Å². The van der Waals surface area contributed by atoms with Crippen LogP contribution in [0.4, 0.5) is 10.8 Å². The van der Waals surface area contributed by atoms with Gasteiger partial charge in [0, 0.05) is 24.0 Å². The number of benzene rings is 2. The highest BCUT2D eigenvalue weighted by molar-refractivity contribution is 7.13. The van der Waals surface area contributed by atoms with Crippen LogP contribution < -0.4 is 16.4 Å². The first-order chi connectivity index (χ1) is 13.9. The normalized spacial score (nSPS) is 11.4. The van der Waals surface area contributed by atoms with Crippen LogP contribution in [0.1, 0.15) is 16.8 Å². The topological polar surface area (TPSA) is 120 Å². The van der Waals surface area contributed by atoms with Gasteiger partial charge in [-0.05, 0) is 29.7 Å². The number of carbonyl (C=O) groups excluding carboxylic acids is 1. The molecule has 0 saturated carbocycles. The van der Waals surface area contributed by atoms with E-state index in [0.717, 1.165) is 11.1 Å². The maximum absolute atomic E-state index is 12.1. The van der Waals surface area contributed by atoms with E-state index < -0.39 is 5.91 Å². The molecule has 0 aliphatic carbocycles. The molecule has 7 nitrogen and oxygen atoms in total. The van der Waals surface area contributed by atoms with Crippen molar-refractivity contribution in [3.8, 4) is 0 Å². The van der Waals surface area contributed by atoms with Crippen molar-refractivity contribution in [2.75, 3.05) is 17.6 Å². The SMILES string of the molecule is Nc1nc(CC(=O)Nc2ccc(CCNC(O)(O)Cc3ccccc3)cc2)cs1. The number of hydrogen-bond donors (Lipinski definition) is 5. The molecule has 152 valence electrons. The van der Waals surface area contributed by atoms with Gasteiger partial charge in [0.2, 0.25) is 11.8 Å². The molecule has 1 amide bonds. The predicted molar refractivity (Wildman–Crippen MR) is 114 cm³/mol. The molecule has 0 fully saturated rings. The summed E-state index contributed by atoms with van der Waals surface area (Å²) in [4.78, 5) is 16.1. The van der Waals surface area contributed by atoms with Crippen LogP contribution in [0.5, 0.6) is 0 Å². The van der Waals surface area contributed by atoms with Crippen LogP contribution in [-0.4, -0.2) is 33.6 Å². The van der Waals surface area contributed by atoms with E-state index in [9.17, 15) is 15.0 Å². The smallest absolute Gasteiger partial charge is 0.230 e. The van der Waals surface area contributed by atoms with Gasteiger partial charge in [0.1, 0.15) is 0 Å². The number of thiazole rings is 1. The number of hydrogen-bond acceptors (Lipinski definition) is 7. The van der Waals surface area contributed by atoms with Gasteiger partial charge in [0.15, 0.2) is 5.13 Å². The highest BCUT2D eigenvalue weighted by Gasteiger charge is 2.22. The Morgan fingerprint density at radius 3 is 2.45 bits per heavy atom. The lowest BCUT2D eigenvalue weighted by Gasteiger charge is -2.23. The number of carbonyl (C=O) groups is 1. The van der Waals surface area contributed by atoms with Crippen molar-refractivity contribution >= 4 is 28.1 Å². The Bertz CT molecular complexity index is 927. The quantitative estimate of drug-likeness (QED) is 0.343. The summed E-state index contributed by atoms with van der Waals surface area (Å²) in [5.74, 6) is -2.12. The fourth-order valence-corrected chi connectivity index (χ4v) is 3.44. The molecule has 3 rings (SSSR count). The molecule has 0 atom stereocenters. The van der Waals surface area contributed by atoms with Crippen molar-refractivity contribution < 1.29 is 15.0 Å². The van der Waals surface area contributed by atoms with Crippen LogP contribution >= 0.6 is 11.3 Å². The minimum Gasteiger partial charge on any atom is -0.375 e. The molecule has 6 N–H and O–H groups in total. The zero-order valence-corrected chi connectivity index (χ0v) is 16.7. The fraction of sp³-hybridized carbons (Fsp3) is 0.238. The molecule has 0 radical (unpaired) electrons. The van der Waals surface area contributed by atoms with E-state index in [2.05, 4.69) is 15.6 Å². The molecule has 29 heavy (non-hydrogen) atoms. The Labute approximate surface area is 173 Å². The number of aliphatic hydroxyl groups is 2. The molecule has 0 saturated heterocycles. The zero-order chi connectivity index (χ0) is 20.7. The number of aromatic nitrogens is 1. The molecule has 3 aromatic rings. The van der Waals surface area contributed by atoms with E-state index in [-0.39, 0.29) is 18.7 Å². The minimum absolute atomic E-state index is 0.101. The van der Waals surface area contributed by atoms with Crippen LogP contribution in [0.25, 0.3) is 0 Å². The fourth-order valence-electron chi connectivity index (χ4n) is 2.88. The average Bonchev–Trinajstić information content (AvgIpc) is 3.08. The Kier molecular flexibility index (Phi) is 6.95. The number of anilines is 2. The Balaban J connectivity index is 1.43. The summed E-state index contributed by atoms with van der Waals surface area (Å²) in [6.07, 6.45) is 0.892. The van der Waals surface area contributed by atoms with Crippen LogP contribution in [0.3, 0.4) is 0 Å². The summed E-state index contributed by atoms with van der Waals surface area (Å²) >= 11 is 1.31. The molecule has 2 aromatic carbocycles. The lowest BCUT2D eigenvalue weighted by Crippen LogP contribution is -2.47. The van der Waals surface area contributed by atoms with Crippen molar-refractivity contribution in [3.05, 3.63) is 76.8 Å². The largest absolute Gasteiger partial charge is 0.375 e. The van der Waals surface area contributed by atoms with E-state index in [4.69, 9.17) is 5.73 Å². The summed E-state index contributed by atoms with van der Waals surface area (Å²) < 4.78 is 0. The predicted octanol–water partition coefficient (Wildman–Crippen LogP) is 1.92. The molecule has 1 heterocycles. The summed E-state index contributed by atoms with van der Waals surface area (Å²) in [7, 11) is 0. The van der Waals surface area contributed by atoms with Crippen molar-refractivity contribution in [2.45, 2.75) is 25.2 Å². The van der Waals surface area contributed by atoms with E-state index in [1.165, 1.54) is 11.3 Å². The van der Waals surface area contributed by atoms with E-state index in [1.54, 1.807) is 5.38 Å². The third kappa shape index (κ3) is 6.95. The van der Waals surface area contributed by atoms with E-state index in [1.807, 2.05) is 54.6 Å². The molecular weight excluding hydrogens is 388 g/mol. The highest BCUT2D eigenvalue weighted by atomic mass is 32.1. The van der Waals surface area contributed by atoms with Gasteiger partial charge in [-0.15, -0.1) is 11.3 Å². The second kappa shape index (κ2) is 9.62. The van der Waals surface area contributed by atoms with Crippen LogP contribution in [0.15, 0.2) is 60.0 Å². The molecule has 0 aliphatic rings. The molecular formula is C21H24N4O3S. The number of nitrogens with one attached hydrogen (secondary N) is 2. The second-order valence-corrected chi connectivity index (χ2v) is 7.64. The first-order valence-electron chi connectivity index (χ1n) is 9.22. The van der Waals surface area contributed by atoms with Gasteiger partial charge in [0.25, 0.3) is 0 Å². The third-order valence-electron chi connectivity index (χ3n) is 4.26. The molecule has 0 unspecified atom stereocenters. The van der Waals surface area contributed by atoms with Crippen molar-refractivity contribution in [2.24, 2.45) is 0 Å².